The van der Waals surface area contributed by atoms with E-state index in [1.807, 2.05) is 56.3 Å². The highest BCUT2D eigenvalue weighted by molar-refractivity contribution is 5.89. The van der Waals surface area contributed by atoms with E-state index < -0.39 is 0 Å². The standard InChI is InChI=1S/C20H26N4O2.ClH/c1-14(2)23-20(26)24-17-10-8-15(9-11-17)13-22-19(25)12-18(21)16-6-4-3-5-7-16;/h3-11,14,18H,12-13,21H2,1-2H3,(H,22,25)(H2,23,24,26);1H. The molecule has 0 fully saturated rings. The molecule has 0 saturated heterocycles. The third-order valence-corrected chi connectivity index (χ3v) is 3.75. The first kappa shape index (κ1) is 22.5. The van der Waals surface area contributed by atoms with Crippen LogP contribution in [0.1, 0.15) is 37.4 Å². The Kier molecular flexibility index (Phi) is 9.33. The van der Waals surface area contributed by atoms with Gasteiger partial charge in [-0.05, 0) is 37.1 Å². The smallest absolute Gasteiger partial charge is 0.319 e. The fourth-order valence-corrected chi connectivity index (χ4v) is 2.43. The first-order chi connectivity index (χ1) is 12.4. The van der Waals surface area contributed by atoms with Gasteiger partial charge in [0, 0.05) is 30.7 Å². The molecular weight excluding hydrogens is 364 g/mol. The number of carbonyl (C=O) groups is 2. The number of benzene rings is 2. The third kappa shape index (κ3) is 8.11. The molecule has 2 aromatic rings. The molecular formula is C20H27ClN4O2. The van der Waals surface area contributed by atoms with Crippen LogP contribution in [0.4, 0.5) is 10.5 Å². The molecule has 0 radical (unpaired) electrons. The van der Waals surface area contributed by atoms with Gasteiger partial charge in [0.05, 0.1) is 0 Å². The highest BCUT2D eigenvalue weighted by Gasteiger charge is 2.11. The minimum absolute atomic E-state index is 0. The Morgan fingerprint density at radius 1 is 1.00 bits per heavy atom. The molecule has 0 aliphatic heterocycles. The van der Waals surface area contributed by atoms with Crippen LogP contribution < -0.4 is 21.7 Å². The quantitative estimate of drug-likeness (QED) is 0.583. The zero-order valence-electron chi connectivity index (χ0n) is 15.6. The lowest BCUT2D eigenvalue weighted by molar-refractivity contribution is -0.121. The molecule has 27 heavy (non-hydrogen) atoms. The van der Waals surface area contributed by atoms with Gasteiger partial charge in [-0.15, -0.1) is 12.4 Å². The van der Waals surface area contributed by atoms with Gasteiger partial charge in [-0.25, -0.2) is 4.79 Å². The van der Waals surface area contributed by atoms with Gasteiger partial charge in [-0.3, -0.25) is 4.79 Å². The summed E-state index contributed by atoms with van der Waals surface area (Å²) in [4.78, 5) is 23.7. The summed E-state index contributed by atoms with van der Waals surface area (Å²) in [5, 5.41) is 8.38. The summed E-state index contributed by atoms with van der Waals surface area (Å²) in [7, 11) is 0. The van der Waals surface area contributed by atoms with Crippen LogP contribution in [0.2, 0.25) is 0 Å². The van der Waals surface area contributed by atoms with E-state index in [2.05, 4.69) is 16.0 Å². The highest BCUT2D eigenvalue weighted by Crippen LogP contribution is 2.13. The number of nitrogens with one attached hydrogen (secondary N) is 3. The Morgan fingerprint density at radius 2 is 1.63 bits per heavy atom. The van der Waals surface area contributed by atoms with Gasteiger partial charge in [-0.2, -0.15) is 0 Å². The van der Waals surface area contributed by atoms with Crippen LogP contribution in [0.5, 0.6) is 0 Å². The lowest BCUT2D eigenvalue weighted by atomic mass is 10.0. The van der Waals surface area contributed by atoms with Crippen LogP contribution in [0, 0.1) is 0 Å². The maximum Gasteiger partial charge on any atom is 0.319 e. The fraction of sp³-hybridized carbons (Fsp3) is 0.300. The summed E-state index contributed by atoms with van der Waals surface area (Å²) in [6, 6.07) is 16.4. The Labute approximate surface area is 166 Å². The van der Waals surface area contributed by atoms with Crippen molar-refractivity contribution >= 4 is 30.0 Å². The van der Waals surface area contributed by atoms with E-state index >= 15 is 0 Å². The van der Waals surface area contributed by atoms with Gasteiger partial charge in [0.25, 0.3) is 0 Å². The summed E-state index contributed by atoms with van der Waals surface area (Å²) < 4.78 is 0. The summed E-state index contributed by atoms with van der Waals surface area (Å²) in [6.45, 7) is 4.21. The average Bonchev–Trinajstić information content (AvgIpc) is 2.61. The third-order valence-electron chi connectivity index (χ3n) is 3.75. The van der Waals surface area contributed by atoms with Gasteiger partial charge in [0.15, 0.2) is 0 Å². The minimum Gasteiger partial charge on any atom is -0.352 e. The Hall–Kier alpha value is -2.57. The predicted molar refractivity (Wildman–Crippen MR) is 111 cm³/mol. The number of anilines is 1. The van der Waals surface area contributed by atoms with Crippen LogP contribution in [0.3, 0.4) is 0 Å². The second kappa shape index (κ2) is 11.2. The molecule has 0 aliphatic rings. The number of rotatable bonds is 7. The van der Waals surface area contributed by atoms with Gasteiger partial charge >= 0.3 is 6.03 Å². The number of hydrogen-bond donors (Lipinski definition) is 4. The van der Waals surface area contributed by atoms with E-state index in [0.29, 0.717) is 12.2 Å². The van der Waals surface area contributed by atoms with Crippen molar-refractivity contribution in [2.24, 2.45) is 5.73 Å². The summed E-state index contributed by atoms with van der Waals surface area (Å²) in [6.07, 6.45) is 0.235. The molecule has 0 spiro atoms. The molecule has 3 amide bonds. The van der Waals surface area contributed by atoms with E-state index in [1.165, 1.54) is 0 Å². The molecule has 146 valence electrons. The first-order valence-electron chi connectivity index (χ1n) is 8.67. The van der Waals surface area contributed by atoms with Gasteiger partial charge in [-0.1, -0.05) is 42.5 Å². The van der Waals surface area contributed by atoms with Crippen molar-refractivity contribution in [1.82, 2.24) is 10.6 Å². The minimum atomic E-state index is -0.317. The Balaban J connectivity index is 0.00000364. The first-order valence-corrected chi connectivity index (χ1v) is 8.67. The van der Waals surface area contributed by atoms with Gasteiger partial charge in [0.1, 0.15) is 0 Å². The van der Waals surface area contributed by atoms with E-state index in [4.69, 9.17) is 5.73 Å². The Bertz CT molecular complexity index is 721. The van der Waals surface area contributed by atoms with Crippen LogP contribution in [-0.4, -0.2) is 18.0 Å². The zero-order valence-corrected chi connectivity index (χ0v) is 16.4. The van der Waals surface area contributed by atoms with E-state index in [1.54, 1.807) is 12.1 Å². The molecule has 1 atom stereocenters. The molecule has 2 rings (SSSR count). The molecule has 6 nitrogen and oxygen atoms in total. The van der Waals surface area contributed by atoms with E-state index in [-0.39, 0.29) is 42.8 Å². The second-order valence-electron chi connectivity index (χ2n) is 6.45. The molecule has 5 N–H and O–H groups in total. The molecule has 0 aliphatic carbocycles. The zero-order chi connectivity index (χ0) is 18.9. The molecule has 0 heterocycles. The maximum atomic E-state index is 12.1. The SMILES string of the molecule is CC(C)NC(=O)Nc1ccc(CNC(=O)CC(N)c2ccccc2)cc1.Cl. The van der Waals surface area contributed by atoms with Crippen molar-refractivity contribution < 1.29 is 9.59 Å². The molecule has 7 heteroatoms. The molecule has 2 aromatic carbocycles. The number of carbonyl (C=O) groups excluding carboxylic acids is 2. The fourth-order valence-electron chi connectivity index (χ4n) is 2.43. The van der Waals surface area contributed by atoms with Crippen LogP contribution in [-0.2, 0) is 11.3 Å². The van der Waals surface area contributed by atoms with E-state index in [9.17, 15) is 9.59 Å². The maximum absolute atomic E-state index is 12.1. The topological polar surface area (TPSA) is 96.2 Å². The Morgan fingerprint density at radius 3 is 2.22 bits per heavy atom. The van der Waals surface area contributed by atoms with Gasteiger partial charge < -0.3 is 21.7 Å². The van der Waals surface area contributed by atoms with Crippen molar-refractivity contribution in [2.45, 2.75) is 38.9 Å². The van der Waals surface area contributed by atoms with Crippen molar-refractivity contribution in [3.8, 4) is 0 Å². The second-order valence-corrected chi connectivity index (χ2v) is 6.45. The summed E-state index contributed by atoms with van der Waals surface area (Å²) in [5.74, 6) is -0.0973. The summed E-state index contributed by atoms with van der Waals surface area (Å²) in [5.41, 5.74) is 8.65. The van der Waals surface area contributed by atoms with Gasteiger partial charge in [0.2, 0.25) is 5.91 Å². The number of halogens is 1. The van der Waals surface area contributed by atoms with Crippen molar-refractivity contribution in [3.63, 3.8) is 0 Å². The average molecular weight is 391 g/mol. The molecule has 0 bridgehead atoms. The number of urea groups is 1. The lowest BCUT2D eigenvalue weighted by Crippen LogP contribution is -2.34. The molecule has 0 aromatic heterocycles. The number of amides is 3. The van der Waals surface area contributed by atoms with Crippen molar-refractivity contribution in [2.75, 3.05) is 5.32 Å². The van der Waals surface area contributed by atoms with Crippen molar-refractivity contribution in [1.29, 1.82) is 0 Å². The number of nitrogens with two attached hydrogens (primary N) is 1. The summed E-state index contributed by atoms with van der Waals surface area (Å²) >= 11 is 0. The normalized spacial score (nSPS) is 11.3. The van der Waals surface area contributed by atoms with Crippen LogP contribution >= 0.6 is 12.4 Å². The van der Waals surface area contributed by atoms with Crippen LogP contribution in [0.15, 0.2) is 54.6 Å². The van der Waals surface area contributed by atoms with E-state index in [0.717, 1.165) is 11.1 Å². The number of hydrogen-bond acceptors (Lipinski definition) is 3. The predicted octanol–water partition coefficient (Wildman–Crippen LogP) is 3.34. The van der Waals surface area contributed by atoms with Crippen LogP contribution in [0.25, 0.3) is 0 Å². The largest absolute Gasteiger partial charge is 0.352 e. The monoisotopic (exact) mass is 390 g/mol. The van der Waals surface area contributed by atoms with Crippen molar-refractivity contribution in [3.05, 3.63) is 65.7 Å². The molecule has 0 saturated carbocycles. The lowest BCUT2D eigenvalue weighted by Gasteiger charge is -2.13. The molecule has 1 unspecified atom stereocenters. The highest BCUT2D eigenvalue weighted by atomic mass is 35.5.